The third-order valence-electron chi connectivity index (χ3n) is 5.52. The molecule has 1 nitrogen and oxygen atoms in total. The van der Waals surface area contributed by atoms with Crippen LogP contribution in [0, 0.1) is 17.3 Å². The fourth-order valence-corrected chi connectivity index (χ4v) is 4.17. The molecule has 1 saturated carbocycles. The second kappa shape index (κ2) is 7.26. The summed E-state index contributed by atoms with van der Waals surface area (Å²) in [5, 5.41) is 0. The zero-order valence-electron chi connectivity index (χ0n) is 14.5. The molecule has 0 heterocycles. The number of allylic oxidation sites excluding steroid dienone is 1. The van der Waals surface area contributed by atoms with Crippen LogP contribution in [0.2, 0.25) is 0 Å². The molecular weight excluding hydrogens is 280 g/mol. The van der Waals surface area contributed by atoms with Crippen LogP contribution in [0.5, 0.6) is 5.75 Å². The SMILES string of the molecule is CC#C[C@@H](CC)c1ccc(OCC2=CCC3(CCCC3)C2)cc1. The molecule has 1 aromatic carbocycles. The Morgan fingerprint density at radius 3 is 2.57 bits per heavy atom. The van der Waals surface area contributed by atoms with Crippen molar-refractivity contribution in [3.63, 3.8) is 0 Å². The van der Waals surface area contributed by atoms with Gasteiger partial charge in [-0.3, -0.25) is 0 Å². The van der Waals surface area contributed by atoms with Gasteiger partial charge in [-0.15, -0.1) is 5.92 Å². The molecule has 1 spiro atoms. The van der Waals surface area contributed by atoms with E-state index in [1.807, 2.05) is 6.92 Å². The molecule has 0 aromatic heterocycles. The summed E-state index contributed by atoms with van der Waals surface area (Å²) in [5.41, 5.74) is 3.40. The van der Waals surface area contributed by atoms with Crippen molar-refractivity contribution in [3.05, 3.63) is 41.5 Å². The molecule has 2 aliphatic carbocycles. The molecular formula is C22H28O. The quantitative estimate of drug-likeness (QED) is 0.489. The van der Waals surface area contributed by atoms with Gasteiger partial charge in [0.15, 0.2) is 0 Å². The monoisotopic (exact) mass is 308 g/mol. The van der Waals surface area contributed by atoms with Crippen molar-refractivity contribution in [3.8, 4) is 17.6 Å². The van der Waals surface area contributed by atoms with Crippen LogP contribution in [-0.2, 0) is 0 Å². The van der Waals surface area contributed by atoms with Crippen LogP contribution in [0.25, 0.3) is 0 Å². The fraction of sp³-hybridized carbons (Fsp3) is 0.545. The molecule has 122 valence electrons. The average Bonchev–Trinajstić information content (AvgIpc) is 3.21. The molecule has 0 aliphatic heterocycles. The highest BCUT2D eigenvalue weighted by Crippen LogP contribution is 2.49. The van der Waals surface area contributed by atoms with E-state index in [0.717, 1.165) is 18.8 Å². The predicted octanol–water partition coefficient (Wildman–Crippen LogP) is 5.86. The van der Waals surface area contributed by atoms with Gasteiger partial charge >= 0.3 is 0 Å². The zero-order chi connectivity index (χ0) is 16.1. The summed E-state index contributed by atoms with van der Waals surface area (Å²) in [7, 11) is 0. The summed E-state index contributed by atoms with van der Waals surface area (Å²) in [6, 6.07) is 8.51. The Bertz CT molecular complexity index is 606. The van der Waals surface area contributed by atoms with Gasteiger partial charge in [0.1, 0.15) is 12.4 Å². The third kappa shape index (κ3) is 3.81. The largest absolute Gasteiger partial charge is 0.489 e. The van der Waals surface area contributed by atoms with Crippen molar-refractivity contribution in [2.45, 2.75) is 64.7 Å². The van der Waals surface area contributed by atoms with E-state index < -0.39 is 0 Å². The van der Waals surface area contributed by atoms with E-state index in [2.05, 4.69) is 49.1 Å². The van der Waals surface area contributed by atoms with E-state index in [1.165, 1.54) is 49.7 Å². The van der Waals surface area contributed by atoms with E-state index in [1.54, 1.807) is 0 Å². The van der Waals surface area contributed by atoms with Gasteiger partial charge in [0.05, 0.1) is 0 Å². The van der Waals surface area contributed by atoms with Crippen molar-refractivity contribution in [1.82, 2.24) is 0 Å². The minimum Gasteiger partial charge on any atom is -0.489 e. The lowest BCUT2D eigenvalue weighted by Crippen LogP contribution is -2.12. The standard InChI is InChI=1S/C22H28O/c1-3-7-19(4-2)20-8-10-21(11-9-20)23-17-18-12-15-22(16-18)13-5-6-14-22/h8-12,19H,4-6,13-17H2,1-2H3/t19-/m1/s1. The van der Waals surface area contributed by atoms with Crippen molar-refractivity contribution >= 4 is 0 Å². The van der Waals surface area contributed by atoms with E-state index >= 15 is 0 Å². The summed E-state index contributed by atoms with van der Waals surface area (Å²) < 4.78 is 6.02. The Hall–Kier alpha value is -1.68. The van der Waals surface area contributed by atoms with Gasteiger partial charge in [-0.25, -0.2) is 0 Å². The summed E-state index contributed by atoms with van der Waals surface area (Å²) in [4.78, 5) is 0. The first kappa shape index (κ1) is 16.2. The first-order chi connectivity index (χ1) is 11.2. The third-order valence-corrected chi connectivity index (χ3v) is 5.52. The minimum atomic E-state index is 0.341. The number of benzene rings is 1. The predicted molar refractivity (Wildman–Crippen MR) is 96.6 cm³/mol. The van der Waals surface area contributed by atoms with Crippen molar-refractivity contribution < 1.29 is 4.74 Å². The molecule has 23 heavy (non-hydrogen) atoms. The topological polar surface area (TPSA) is 9.23 Å². The second-order valence-corrected chi connectivity index (χ2v) is 7.16. The van der Waals surface area contributed by atoms with Crippen LogP contribution < -0.4 is 4.74 Å². The molecule has 1 atom stereocenters. The summed E-state index contributed by atoms with van der Waals surface area (Å²) in [6.07, 6.45) is 11.7. The maximum atomic E-state index is 6.02. The molecule has 1 fully saturated rings. The Morgan fingerprint density at radius 1 is 1.17 bits per heavy atom. The number of ether oxygens (including phenoxy) is 1. The van der Waals surface area contributed by atoms with Gasteiger partial charge in [-0.2, -0.15) is 0 Å². The normalized spacial score (nSPS) is 20.0. The highest BCUT2D eigenvalue weighted by molar-refractivity contribution is 5.33. The van der Waals surface area contributed by atoms with Gasteiger partial charge in [0.2, 0.25) is 0 Å². The van der Waals surface area contributed by atoms with Crippen LogP contribution in [0.15, 0.2) is 35.9 Å². The van der Waals surface area contributed by atoms with Crippen LogP contribution in [0.4, 0.5) is 0 Å². The lowest BCUT2D eigenvalue weighted by Gasteiger charge is -2.22. The van der Waals surface area contributed by atoms with Crippen molar-refractivity contribution in [2.24, 2.45) is 5.41 Å². The van der Waals surface area contributed by atoms with Gasteiger partial charge < -0.3 is 4.74 Å². The Balaban J connectivity index is 1.54. The van der Waals surface area contributed by atoms with E-state index in [9.17, 15) is 0 Å². The Labute approximate surface area is 141 Å². The Kier molecular flexibility index (Phi) is 5.11. The smallest absolute Gasteiger partial charge is 0.119 e. The number of rotatable bonds is 5. The van der Waals surface area contributed by atoms with Crippen molar-refractivity contribution in [1.29, 1.82) is 0 Å². The summed E-state index contributed by atoms with van der Waals surface area (Å²) >= 11 is 0. The molecule has 0 unspecified atom stereocenters. The number of hydrogen-bond donors (Lipinski definition) is 0. The molecule has 1 heteroatoms. The van der Waals surface area contributed by atoms with Gasteiger partial charge in [-0.05, 0) is 67.7 Å². The second-order valence-electron chi connectivity index (χ2n) is 7.16. The minimum absolute atomic E-state index is 0.341. The van der Waals surface area contributed by atoms with Crippen LogP contribution in [0.3, 0.4) is 0 Å². The van der Waals surface area contributed by atoms with E-state index in [4.69, 9.17) is 4.74 Å². The lowest BCUT2D eigenvalue weighted by molar-refractivity contribution is 0.296. The highest BCUT2D eigenvalue weighted by Gasteiger charge is 2.36. The van der Waals surface area contributed by atoms with Gasteiger partial charge in [0, 0.05) is 5.92 Å². The van der Waals surface area contributed by atoms with E-state index in [0.29, 0.717) is 11.3 Å². The molecule has 1 aromatic rings. The first-order valence-electron chi connectivity index (χ1n) is 9.08. The molecule has 0 N–H and O–H groups in total. The molecule has 0 amide bonds. The average molecular weight is 308 g/mol. The van der Waals surface area contributed by atoms with Gasteiger partial charge in [-0.1, -0.05) is 43.9 Å². The lowest BCUT2D eigenvalue weighted by atomic mass is 9.83. The highest BCUT2D eigenvalue weighted by atomic mass is 16.5. The maximum absolute atomic E-state index is 6.02. The summed E-state index contributed by atoms with van der Waals surface area (Å²) in [5.74, 6) is 7.62. The first-order valence-corrected chi connectivity index (χ1v) is 9.08. The zero-order valence-corrected chi connectivity index (χ0v) is 14.5. The van der Waals surface area contributed by atoms with Crippen LogP contribution in [-0.4, -0.2) is 6.61 Å². The molecule has 3 rings (SSSR count). The van der Waals surface area contributed by atoms with E-state index in [-0.39, 0.29) is 0 Å². The van der Waals surface area contributed by atoms with Crippen LogP contribution >= 0.6 is 0 Å². The molecule has 0 bridgehead atoms. The molecule has 0 saturated heterocycles. The van der Waals surface area contributed by atoms with Crippen molar-refractivity contribution in [2.75, 3.05) is 6.61 Å². The Morgan fingerprint density at radius 2 is 1.91 bits per heavy atom. The van der Waals surface area contributed by atoms with Gasteiger partial charge in [0.25, 0.3) is 0 Å². The van der Waals surface area contributed by atoms with Crippen LogP contribution in [0.1, 0.15) is 70.3 Å². The molecule has 0 radical (unpaired) electrons. The summed E-state index contributed by atoms with van der Waals surface area (Å²) in [6.45, 7) is 4.85. The fourth-order valence-electron chi connectivity index (χ4n) is 4.17. The number of hydrogen-bond acceptors (Lipinski definition) is 1. The maximum Gasteiger partial charge on any atom is 0.119 e. The molecule has 2 aliphatic rings.